The van der Waals surface area contributed by atoms with Gasteiger partial charge in [0, 0.05) is 60.2 Å². The average molecular weight is 494 g/mol. The van der Waals surface area contributed by atoms with E-state index in [1.54, 1.807) is 0 Å². The van der Waals surface area contributed by atoms with Gasteiger partial charge in [-0.1, -0.05) is 78.9 Å². The van der Waals surface area contributed by atoms with Crippen molar-refractivity contribution in [1.82, 2.24) is 18.1 Å². The van der Waals surface area contributed by atoms with Gasteiger partial charge in [-0.25, -0.2) is 0 Å². The normalized spacial score (nSPS) is 13.6. The van der Waals surface area contributed by atoms with Crippen LogP contribution in [-0.4, -0.2) is 25.1 Å². The van der Waals surface area contributed by atoms with Crippen LogP contribution in [0.25, 0.3) is 77.1 Å². The molecule has 4 aromatic heterocycles. The molecule has 0 atom stereocenters. The van der Waals surface area contributed by atoms with Crippen molar-refractivity contribution < 1.29 is 0 Å². The number of hydrogen-bond acceptors (Lipinski definition) is 0. The van der Waals surface area contributed by atoms with Gasteiger partial charge in [0.25, 0.3) is 0 Å². The second kappa shape index (κ2) is 6.11. The first-order valence-electron chi connectivity index (χ1n) is 13.6. The number of para-hydroxylation sites is 4. The van der Waals surface area contributed by atoms with Crippen molar-refractivity contribution in [3.63, 3.8) is 0 Å². The van der Waals surface area contributed by atoms with Gasteiger partial charge >= 0.3 is 6.98 Å². The third-order valence-corrected chi connectivity index (χ3v) is 9.31. The lowest BCUT2D eigenvalue weighted by Crippen LogP contribution is -2.53. The number of fused-ring (bicyclic) bond motifs is 16. The van der Waals surface area contributed by atoms with Gasteiger partial charge in [-0.05, 0) is 36.4 Å². The highest BCUT2D eigenvalue weighted by molar-refractivity contribution is 6.77. The summed E-state index contributed by atoms with van der Waals surface area (Å²) in [4.78, 5) is 0. The molecule has 0 fully saturated rings. The molecule has 0 unspecified atom stereocenters. The zero-order chi connectivity index (χ0) is 25.0. The Balaban J connectivity index is 1.49. The van der Waals surface area contributed by atoms with E-state index in [1.165, 1.54) is 82.5 Å². The molecule has 0 spiro atoms. The molecular formula is C34H19BN4. The fraction of sp³-hybridized carbons (Fsp3) is 0. The van der Waals surface area contributed by atoms with Gasteiger partial charge in [0.15, 0.2) is 0 Å². The standard InChI is InChI=1S/C34H19BN4/c1-5-14-24-20(10-1)30-22-12-3-7-16-26(22)38-33(30)36(24)28-18-9-19-29-32(28)35(38)39-27-17-8-4-13-23(27)31-21-11-2-6-15-25(21)37(29)34(31)39/h1-19H. The molecule has 0 aliphatic carbocycles. The van der Waals surface area contributed by atoms with Crippen LogP contribution in [0.15, 0.2) is 115 Å². The zero-order valence-electron chi connectivity index (χ0n) is 20.8. The van der Waals surface area contributed by atoms with Crippen LogP contribution in [0.4, 0.5) is 0 Å². The van der Waals surface area contributed by atoms with Crippen LogP contribution in [0.2, 0.25) is 0 Å². The number of aromatic nitrogens is 4. The molecule has 2 aliphatic rings. The Kier molecular flexibility index (Phi) is 2.97. The van der Waals surface area contributed by atoms with E-state index in [-0.39, 0.29) is 6.98 Å². The minimum atomic E-state index is 0.00891. The molecule has 178 valence electrons. The lowest BCUT2D eigenvalue weighted by molar-refractivity contribution is 1.01. The molecule has 0 bridgehead atoms. The van der Waals surface area contributed by atoms with Crippen LogP contribution in [0.5, 0.6) is 0 Å². The van der Waals surface area contributed by atoms with Crippen molar-refractivity contribution in [3.8, 4) is 11.4 Å². The van der Waals surface area contributed by atoms with E-state index in [0.29, 0.717) is 0 Å². The Morgan fingerprint density at radius 1 is 0.385 bits per heavy atom. The molecule has 0 saturated carbocycles. The van der Waals surface area contributed by atoms with Crippen LogP contribution in [0, 0.1) is 0 Å². The van der Waals surface area contributed by atoms with Crippen molar-refractivity contribution in [2.45, 2.75) is 0 Å². The van der Waals surface area contributed by atoms with Crippen LogP contribution in [-0.2, 0) is 0 Å². The number of nitrogens with zero attached hydrogens (tertiary/aromatic N) is 4. The first-order valence-corrected chi connectivity index (χ1v) is 13.6. The van der Waals surface area contributed by atoms with Crippen molar-refractivity contribution in [3.05, 3.63) is 115 Å². The maximum absolute atomic E-state index is 2.61. The maximum Gasteiger partial charge on any atom is 0.427 e. The monoisotopic (exact) mass is 494 g/mol. The Morgan fingerprint density at radius 3 is 1.23 bits per heavy atom. The summed E-state index contributed by atoms with van der Waals surface area (Å²) in [6.07, 6.45) is 0. The van der Waals surface area contributed by atoms with E-state index >= 15 is 0 Å². The number of benzene rings is 5. The second-order valence-corrected chi connectivity index (χ2v) is 11.0. The summed E-state index contributed by atoms with van der Waals surface area (Å²) < 4.78 is 10.3. The highest BCUT2D eigenvalue weighted by Gasteiger charge is 2.43. The van der Waals surface area contributed by atoms with Crippen molar-refractivity contribution in [2.24, 2.45) is 0 Å². The second-order valence-electron chi connectivity index (χ2n) is 11.0. The number of rotatable bonds is 0. The van der Waals surface area contributed by atoms with Crippen LogP contribution < -0.4 is 5.46 Å². The molecule has 11 rings (SSSR count). The highest BCUT2D eigenvalue weighted by atomic mass is 15.2. The molecule has 0 saturated heterocycles. The minimum absolute atomic E-state index is 0.00891. The largest absolute Gasteiger partial charge is 0.427 e. The first kappa shape index (κ1) is 19.0. The molecule has 39 heavy (non-hydrogen) atoms. The summed E-state index contributed by atoms with van der Waals surface area (Å²) in [5, 5.41) is 7.94. The summed E-state index contributed by atoms with van der Waals surface area (Å²) in [6, 6.07) is 42.6. The third-order valence-electron chi connectivity index (χ3n) is 9.31. The molecule has 6 heterocycles. The topological polar surface area (TPSA) is 19.7 Å². The summed E-state index contributed by atoms with van der Waals surface area (Å²) in [6.45, 7) is 0.00891. The third kappa shape index (κ3) is 1.88. The Bertz CT molecular complexity index is 2400. The maximum atomic E-state index is 2.61. The van der Waals surface area contributed by atoms with E-state index in [9.17, 15) is 0 Å². The summed E-state index contributed by atoms with van der Waals surface area (Å²) in [5.74, 6) is 0. The first-order chi connectivity index (χ1) is 19.4. The number of hydrogen-bond donors (Lipinski definition) is 0. The van der Waals surface area contributed by atoms with Crippen LogP contribution in [0.1, 0.15) is 0 Å². The fourth-order valence-corrected chi connectivity index (χ4v) is 8.01. The molecule has 5 heteroatoms. The smallest absolute Gasteiger partial charge is 0.346 e. The Hall–Kier alpha value is -5.16. The lowest BCUT2D eigenvalue weighted by Gasteiger charge is -2.34. The molecule has 4 nitrogen and oxygen atoms in total. The lowest BCUT2D eigenvalue weighted by atomic mass is 9.63. The average Bonchev–Trinajstić information content (AvgIpc) is 3.71. The Labute approximate surface area is 222 Å². The van der Waals surface area contributed by atoms with Crippen molar-refractivity contribution >= 4 is 78.1 Å². The molecule has 9 aromatic rings. The van der Waals surface area contributed by atoms with Gasteiger partial charge in [-0.3, -0.25) is 9.13 Å². The predicted molar refractivity (Wildman–Crippen MR) is 162 cm³/mol. The van der Waals surface area contributed by atoms with Crippen LogP contribution >= 0.6 is 0 Å². The predicted octanol–water partition coefficient (Wildman–Crippen LogP) is 7.21. The molecule has 0 radical (unpaired) electrons. The van der Waals surface area contributed by atoms with E-state index in [0.717, 1.165) is 0 Å². The molecule has 0 amide bonds. The summed E-state index contributed by atoms with van der Waals surface area (Å²) in [5.41, 5.74) is 11.5. The SMILES string of the molecule is c1cc2c3c(c1)-n1c4ccccc4c4c5ccccc5n(c41)B3n1c3ccccc3c3c4ccccc4n-2c31. The molecule has 0 N–H and O–H groups in total. The summed E-state index contributed by atoms with van der Waals surface area (Å²) in [7, 11) is 0. The van der Waals surface area contributed by atoms with Crippen molar-refractivity contribution in [1.29, 1.82) is 0 Å². The highest BCUT2D eigenvalue weighted by Crippen LogP contribution is 2.46. The van der Waals surface area contributed by atoms with Gasteiger partial charge in [-0.15, -0.1) is 0 Å². The molecule has 5 aromatic carbocycles. The van der Waals surface area contributed by atoms with Gasteiger partial charge in [0.1, 0.15) is 11.3 Å². The van der Waals surface area contributed by atoms with E-state index in [4.69, 9.17) is 0 Å². The molecular weight excluding hydrogens is 475 g/mol. The van der Waals surface area contributed by atoms with Gasteiger partial charge in [-0.2, -0.15) is 0 Å². The van der Waals surface area contributed by atoms with Gasteiger partial charge in [0.05, 0.1) is 11.0 Å². The van der Waals surface area contributed by atoms with E-state index in [1.807, 2.05) is 0 Å². The van der Waals surface area contributed by atoms with Crippen LogP contribution in [0.3, 0.4) is 0 Å². The fourth-order valence-electron chi connectivity index (χ4n) is 8.01. The molecule has 2 aliphatic heterocycles. The summed E-state index contributed by atoms with van der Waals surface area (Å²) >= 11 is 0. The van der Waals surface area contributed by atoms with Crippen molar-refractivity contribution in [2.75, 3.05) is 0 Å². The minimum Gasteiger partial charge on any atom is -0.346 e. The Morgan fingerprint density at radius 2 is 0.769 bits per heavy atom. The quantitative estimate of drug-likeness (QED) is 0.199. The van der Waals surface area contributed by atoms with Gasteiger partial charge < -0.3 is 8.96 Å². The van der Waals surface area contributed by atoms with Gasteiger partial charge in [0.2, 0.25) is 0 Å². The van der Waals surface area contributed by atoms with E-state index < -0.39 is 0 Å². The zero-order valence-corrected chi connectivity index (χ0v) is 20.8. The van der Waals surface area contributed by atoms with E-state index in [2.05, 4.69) is 133 Å².